The normalized spacial score (nSPS) is 17.0. The summed E-state index contributed by atoms with van der Waals surface area (Å²) >= 11 is 0. The molecular weight excluding hydrogens is 376 g/mol. The van der Waals surface area contributed by atoms with E-state index in [1.807, 2.05) is 39.9 Å². The maximum absolute atomic E-state index is 13.0. The van der Waals surface area contributed by atoms with Gasteiger partial charge in [0.2, 0.25) is 5.91 Å². The van der Waals surface area contributed by atoms with Gasteiger partial charge in [0.25, 0.3) is 5.91 Å². The van der Waals surface area contributed by atoms with E-state index in [9.17, 15) is 9.59 Å². The van der Waals surface area contributed by atoms with Crippen LogP contribution in [-0.2, 0) is 17.6 Å². The largest absolute Gasteiger partial charge is 0.350 e. The molecule has 1 fully saturated rings. The number of carbonyl (C=O) groups excluding carboxylic acids is 2. The van der Waals surface area contributed by atoms with Crippen LogP contribution in [0.1, 0.15) is 73.1 Å². The molecule has 6 nitrogen and oxygen atoms in total. The van der Waals surface area contributed by atoms with E-state index in [-0.39, 0.29) is 11.8 Å². The third-order valence-corrected chi connectivity index (χ3v) is 6.23. The van der Waals surface area contributed by atoms with Crippen molar-refractivity contribution < 1.29 is 9.59 Å². The summed E-state index contributed by atoms with van der Waals surface area (Å²) in [6.45, 7) is 2.06. The third kappa shape index (κ3) is 4.74. The topological polar surface area (TPSA) is 67.2 Å². The van der Waals surface area contributed by atoms with Gasteiger partial charge in [-0.2, -0.15) is 5.10 Å². The molecule has 2 aliphatic rings. The van der Waals surface area contributed by atoms with Crippen molar-refractivity contribution in [3.05, 3.63) is 47.3 Å². The van der Waals surface area contributed by atoms with E-state index in [1.54, 1.807) is 0 Å². The summed E-state index contributed by atoms with van der Waals surface area (Å²) in [6, 6.07) is 10.0. The van der Waals surface area contributed by atoms with Gasteiger partial charge < -0.3 is 10.2 Å². The van der Waals surface area contributed by atoms with Crippen LogP contribution in [0.5, 0.6) is 0 Å². The summed E-state index contributed by atoms with van der Waals surface area (Å²) in [6.07, 6.45) is 10.1. The Hall–Kier alpha value is -2.63. The lowest BCUT2D eigenvalue weighted by molar-refractivity contribution is -0.131. The van der Waals surface area contributed by atoms with Crippen molar-refractivity contribution in [2.75, 3.05) is 19.6 Å². The Balaban J connectivity index is 1.44. The lowest BCUT2D eigenvalue weighted by atomic mass is 10.1. The Kier molecular flexibility index (Phi) is 6.82. The molecule has 0 radical (unpaired) electrons. The van der Waals surface area contributed by atoms with Gasteiger partial charge in [-0.05, 0) is 50.7 Å². The monoisotopic (exact) mass is 408 g/mol. The molecule has 0 unspecified atom stereocenters. The first-order valence-corrected chi connectivity index (χ1v) is 11.5. The second kappa shape index (κ2) is 9.92. The predicted octanol–water partition coefficient (Wildman–Crippen LogP) is 3.66. The number of amides is 2. The van der Waals surface area contributed by atoms with Gasteiger partial charge >= 0.3 is 0 Å². The van der Waals surface area contributed by atoms with Gasteiger partial charge in [-0.1, -0.05) is 37.5 Å². The minimum absolute atomic E-state index is 0.144. The van der Waals surface area contributed by atoms with Gasteiger partial charge in [0, 0.05) is 37.3 Å². The van der Waals surface area contributed by atoms with Crippen molar-refractivity contribution in [2.24, 2.45) is 0 Å². The third-order valence-electron chi connectivity index (χ3n) is 6.23. The van der Waals surface area contributed by atoms with Crippen molar-refractivity contribution in [1.82, 2.24) is 20.0 Å². The molecule has 0 bridgehead atoms. The highest BCUT2D eigenvalue weighted by molar-refractivity contribution is 5.94. The molecule has 2 aromatic rings. The molecule has 1 aliphatic heterocycles. The number of fused-ring (bicyclic) bond motifs is 1. The van der Waals surface area contributed by atoms with Gasteiger partial charge in [-0.25, -0.2) is 4.68 Å². The number of nitrogens with one attached hydrogen (secondary N) is 1. The Labute approximate surface area is 178 Å². The average Bonchev–Trinajstić information content (AvgIpc) is 2.98. The molecule has 160 valence electrons. The molecule has 1 saturated heterocycles. The number of rotatable bonds is 5. The first-order valence-electron chi connectivity index (χ1n) is 11.5. The molecule has 1 aliphatic carbocycles. The number of hydrogen-bond acceptors (Lipinski definition) is 3. The molecule has 1 N–H and O–H groups in total. The van der Waals surface area contributed by atoms with Crippen molar-refractivity contribution >= 4 is 11.8 Å². The van der Waals surface area contributed by atoms with Crippen LogP contribution in [0.25, 0.3) is 5.69 Å². The zero-order valence-corrected chi connectivity index (χ0v) is 17.7. The zero-order chi connectivity index (χ0) is 20.8. The van der Waals surface area contributed by atoms with E-state index in [0.717, 1.165) is 68.6 Å². The van der Waals surface area contributed by atoms with E-state index in [0.29, 0.717) is 18.7 Å². The van der Waals surface area contributed by atoms with E-state index in [2.05, 4.69) is 5.32 Å². The maximum atomic E-state index is 13.0. The molecule has 4 rings (SSSR count). The van der Waals surface area contributed by atoms with E-state index < -0.39 is 0 Å². The van der Waals surface area contributed by atoms with Crippen molar-refractivity contribution in [1.29, 1.82) is 0 Å². The molecule has 6 heteroatoms. The fourth-order valence-corrected chi connectivity index (χ4v) is 4.59. The first-order chi connectivity index (χ1) is 14.7. The lowest BCUT2D eigenvalue weighted by Gasteiger charge is -2.20. The standard InChI is InChI=1S/C24H32N4O2/c29-22(27-17-9-1-2-10-18-27)15-16-25-24(30)23-20-13-7-4-8-14-21(20)28(26-23)19-11-5-3-6-12-19/h3,5-6,11-12H,1-2,4,7-10,13-18H2,(H,25,30). The van der Waals surface area contributed by atoms with Crippen LogP contribution < -0.4 is 5.32 Å². The number of hydrogen-bond donors (Lipinski definition) is 1. The summed E-state index contributed by atoms with van der Waals surface area (Å²) < 4.78 is 1.94. The Morgan fingerprint density at radius 2 is 1.60 bits per heavy atom. The molecule has 0 saturated carbocycles. The number of aromatic nitrogens is 2. The highest BCUT2D eigenvalue weighted by Gasteiger charge is 2.25. The SMILES string of the molecule is O=C(NCCC(=O)N1CCCCCC1)c1nn(-c2ccccc2)c2c1CCCCC2. The zero-order valence-electron chi connectivity index (χ0n) is 17.7. The minimum Gasteiger partial charge on any atom is -0.350 e. The van der Waals surface area contributed by atoms with Crippen LogP contribution in [0.2, 0.25) is 0 Å². The fourth-order valence-electron chi connectivity index (χ4n) is 4.59. The quantitative estimate of drug-likeness (QED) is 0.768. The smallest absolute Gasteiger partial charge is 0.272 e. The van der Waals surface area contributed by atoms with Gasteiger partial charge in [0.15, 0.2) is 5.69 Å². The molecule has 2 heterocycles. The Morgan fingerprint density at radius 1 is 0.900 bits per heavy atom. The summed E-state index contributed by atoms with van der Waals surface area (Å²) in [5.74, 6) is -0.0164. The molecular formula is C24H32N4O2. The van der Waals surface area contributed by atoms with E-state index in [4.69, 9.17) is 5.10 Å². The van der Waals surface area contributed by atoms with Crippen LogP contribution in [0.4, 0.5) is 0 Å². The van der Waals surface area contributed by atoms with Crippen LogP contribution in [-0.4, -0.2) is 46.1 Å². The maximum Gasteiger partial charge on any atom is 0.272 e. The molecule has 2 amide bonds. The Morgan fingerprint density at radius 3 is 2.37 bits per heavy atom. The van der Waals surface area contributed by atoms with Crippen LogP contribution >= 0.6 is 0 Å². The number of benzene rings is 1. The number of likely N-dealkylation sites (tertiary alicyclic amines) is 1. The second-order valence-electron chi connectivity index (χ2n) is 8.38. The molecule has 0 atom stereocenters. The van der Waals surface area contributed by atoms with Crippen LogP contribution in [0.3, 0.4) is 0 Å². The molecule has 1 aromatic carbocycles. The van der Waals surface area contributed by atoms with Gasteiger partial charge in [-0.3, -0.25) is 9.59 Å². The van der Waals surface area contributed by atoms with E-state index in [1.165, 1.54) is 19.3 Å². The lowest BCUT2D eigenvalue weighted by Crippen LogP contribution is -2.35. The fraction of sp³-hybridized carbons (Fsp3) is 0.542. The molecule has 30 heavy (non-hydrogen) atoms. The van der Waals surface area contributed by atoms with Gasteiger partial charge in [0.1, 0.15) is 0 Å². The average molecular weight is 409 g/mol. The highest BCUT2D eigenvalue weighted by atomic mass is 16.2. The van der Waals surface area contributed by atoms with Gasteiger partial charge in [-0.15, -0.1) is 0 Å². The number of carbonyl (C=O) groups is 2. The van der Waals surface area contributed by atoms with Crippen molar-refractivity contribution in [3.8, 4) is 5.69 Å². The van der Waals surface area contributed by atoms with Crippen LogP contribution in [0, 0.1) is 0 Å². The number of para-hydroxylation sites is 1. The first kappa shape index (κ1) is 20.6. The number of nitrogens with zero attached hydrogens (tertiary/aromatic N) is 3. The predicted molar refractivity (Wildman–Crippen MR) is 117 cm³/mol. The van der Waals surface area contributed by atoms with E-state index >= 15 is 0 Å². The minimum atomic E-state index is -0.161. The second-order valence-corrected chi connectivity index (χ2v) is 8.38. The molecule has 0 spiro atoms. The summed E-state index contributed by atoms with van der Waals surface area (Å²) in [7, 11) is 0. The summed E-state index contributed by atoms with van der Waals surface area (Å²) in [5.41, 5.74) is 3.75. The highest BCUT2D eigenvalue weighted by Crippen LogP contribution is 2.26. The van der Waals surface area contributed by atoms with Gasteiger partial charge in [0.05, 0.1) is 5.69 Å². The summed E-state index contributed by atoms with van der Waals surface area (Å²) in [5, 5.41) is 7.67. The molecule has 1 aromatic heterocycles. The van der Waals surface area contributed by atoms with Crippen molar-refractivity contribution in [2.45, 2.75) is 64.2 Å². The van der Waals surface area contributed by atoms with Crippen molar-refractivity contribution in [3.63, 3.8) is 0 Å². The summed E-state index contributed by atoms with van der Waals surface area (Å²) in [4.78, 5) is 27.4. The van der Waals surface area contributed by atoms with Crippen LogP contribution in [0.15, 0.2) is 30.3 Å². The Bertz CT molecular complexity index is 867.